The lowest BCUT2D eigenvalue weighted by molar-refractivity contribution is 0.0642. The minimum Gasteiger partial charge on any atom is -0.349 e. The predicted octanol–water partition coefficient (Wildman–Crippen LogP) is 4.02. The van der Waals surface area contributed by atoms with Crippen LogP contribution in [0.1, 0.15) is 55.0 Å². The SMILES string of the molecule is O=C(NC1CCN(Cc2ccc(F)cc2)CC1)c1cccc(CN2C(=O)c3ccccc3C2=O)c1. The average molecular weight is 472 g/mol. The van der Waals surface area contributed by atoms with E-state index in [9.17, 15) is 18.8 Å². The molecule has 6 nitrogen and oxygen atoms in total. The number of carbonyl (C=O) groups excluding carboxylic acids is 3. The largest absolute Gasteiger partial charge is 0.349 e. The Bertz CT molecular complexity index is 1230. The molecule has 2 aliphatic rings. The molecule has 1 saturated heterocycles. The van der Waals surface area contributed by atoms with Crippen LogP contribution in [0, 0.1) is 5.82 Å². The van der Waals surface area contributed by atoms with Crippen LogP contribution in [0.2, 0.25) is 0 Å². The van der Waals surface area contributed by atoms with Crippen LogP contribution in [-0.2, 0) is 13.1 Å². The van der Waals surface area contributed by atoms with Gasteiger partial charge >= 0.3 is 0 Å². The van der Waals surface area contributed by atoms with Gasteiger partial charge in [-0.1, -0.05) is 36.4 Å². The van der Waals surface area contributed by atoms with Crippen molar-refractivity contribution in [2.24, 2.45) is 0 Å². The average Bonchev–Trinajstić information content (AvgIpc) is 3.12. The molecule has 0 saturated carbocycles. The van der Waals surface area contributed by atoms with Crippen LogP contribution >= 0.6 is 0 Å². The van der Waals surface area contributed by atoms with Crippen LogP contribution in [0.4, 0.5) is 4.39 Å². The second-order valence-electron chi connectivity index (χ2n) is 9.09. The summed E-state index contributed by atoms with van der Waals surface area (Å²) in [7, 11) is 0. The molecule has 2 heterocycles. The monoisotopic (exact) mass is 471 g/mol. The Balaban J connectivity index is 1.16. The summed E-state index contributed by atoms with van der Waals surface area (Å²) in [6.07, 6.45) is 1.67. The summed E-state index contributed by atoms with van der Waals surface area (Å²) in [5.41, 5.74) is 3.13. The quantitative estimate of drug-likeness (QED) is 0.552. The number of nitrogens with one attached hydrogen (secondary N) is 1. The number of halogens is 1. The molecule has 3 amide bonds. The first-order chi connectivity index (χ1) is 17.0. The van der Waals surface area contributed by atoms with E-state index >= 15 is 0 Å². The first kappa shape index (κ1) is 22.9. The maximum absolute atomic E-state index is 13.1. The van der Waals surface area contributed by atoms with Crippen LogP contribution in [0.15, 0.2) is 72.8 Å². The molecule has 3 aromatic rings. The van der Waals surface area contributed by atoms with Gasteiger partial charge < -0.3 is 5.32 Å². The van der Waals surface area contributed by atoms with Crippen molar-refractivity contribution in [1.82, 2.24) is 15.1 Å². The Kier molecular flexibility index (Phi) is 6.42. The lowest BCUT2D eigenvalue weighted by atomic mass is 10.0. The van der Waals surface area contributed by atoms with E-state index in [1.165, 1.54) is 17.0 Å². The number of carbonyl (C=O) groups is 3. The lowest BCUT2D eigenvalue weighted by Crippen LogP contribution is -2.44. The van der Waals surface area contributed by atoms with Crippen LogP contribution in [0.5, 0.6) is 0 Å². The zero-order chi connectivity index (χ0) is 24.4. The molecule has 3 aromatic carbocycles. The molecule has 0 aliphatic carbocycles. The summed E-state index contributed by atoms with van der Waals surface area (Å²) in [5.74, 6) is -1.02. The van der Waals surface area contributed by atoms with E-state index in [2.05, 4.69) is 10.2 Å². The Morgan fingerprint density at radius 1 is 0.829 bits per heavy atom. The fourth-order valence-corrected chi connectivity index (χ4v) is 4.73. The molecular formula is C28H26FN3O3. The van der Waals surface area contributed by atoms with Gasteiger partial charge in [0.15, 0.2) is 0 Å². The van der Waals surface area contributed by atoms with Gasteiger partial charge in [0.25, 0.3) is 17.7 Å². The fraction of sp³-hybridized carbons (Fsp3) is 0.250. The number of likely N-dealkylation sites (tertiary alicyclic amines) is 1. The molecule has 1 N–H and O–H groups in total. The molecule has 35 heavy (non-hydrogen) atoms. The Morgan fingerprint density at radius 2 is 1.49 bits per heavy atom. The minimum absolute atomic E-state index is 0.0758. The van der Waals surface area contributed by atoms with Gasteiger partial charge in [-0.2, -0.15) is 0 Å². The highest BCUT2D eigenvalue weighted by Gasteiger charge is 2.35. The van der Waals surface area contributed by atoms with Crippen molar-refractivity contribution in [3.8, 4) is 0 Å². The van der Waals surface area contributed by atoms with Crippen molar-refractivity contribution in [3.63, 3.8) is 0 Å². The normalized spacial score (nSPS) is 16.4. The molecule has 0 atom stereocenters. The smallest absolute Gasteiger partial charge is 0.261 e. The second-order valence-corrected chi connectivity index (χ2v) is 9.09. The van der Waals surface area contributed by atoms with Gasteiger partial charge in [-0.3, -0.25) is 24.2 Å². The van der Waals surface area contributed by atoms with Gasteiger partial charge in [0, 0.05) is 31.2 Å². The highest BCUT2D eigenvalue weighted by atomic mass is 19.1. The lowest BCUT2D eigenvalue weighted by Gasteiger charge is -2.32. The van der Waals surface area contributed by atoms with E-state index in [0.29, 0.717) is 16.7 Å². The maximum atomic E-state index is 13.1. The number of hydrogen-bond donors (Lipinski definition) is 1. The highest BCUT2D eigenvalue weighted by Crippen LogP contribution is 2.24. The molecule has 7 heteroatoms. The molecule has 0 bridgehead atoms. The summed E-state index contributed by atoms with van der Waals surface area (Å²) in [6, 6.07) is 20.5. The van der Waals surface area contributed by atoms with Gasteiger partial charge in [-0.15, -0.1) is 0 Å². The van der Waals surface area contributed by atoms with E-state index in [1.54, 1.807) is 54.6 Å². The van der Waals surface area contributed by atoms with Gasteiger partial charge in [0.05, 0.1) is 17.7 Å². The number of fused-ring (bicyclic) bond motifs is 1. The number of imide groups is 1. The molecule has 0 unspecified atom stereocenters. The Hall–Kier alpha value is -3.84. The summed E-state index contributed by atoms with van der Waals surface area (Å²) in [6.45, 7) is 2.58. The van der Waals surface area contributed by atoms with E-state index in [4.69, 9.17) is 0 Å². The Labute approximate surface area is 203 Å². The number of benzene rings is 3. The molecule has 1 fully saturated rings. The molecule has 0 aromatic heterocycles. The third kappa shape index (κ3) is 5.00. The zero-order valence-corrected chi connectivity index (χ0v) is 19.2. The van der Waals surface area contributed by atoms with Crippen molar-refractivity contribution in [2.75, 3.05) is 13.1 Å². The van der Waals surface area contributed by atoms with Crippen molar-refractivity contribution < 1.29 is 18.8 Å². The molecule has 2 aliphatic heterocycles. The third-order valence-electron chi connectivity index (χ3n) is 6.65. The fourth-order valence-electron chi connectivity index (χ4n) is 4.73. The van der Waals surface area contributed by atoms with E-state index in [1.807, 2.05) is 6.07 Å². The second kappa shape index (κ2) is 9.80. The third-order valence-corrected chi connectivity index (χ3v) is 6.65. The van der Waals surface area contributed by atoms with Crippen molar-refractivity contribution in [3.05, 3.63) is 106 Å². The molecular weight excluding hydrogens is 445 g/mol. The molecule has 0 spiro atoms. The number of amides is 3. The van der Waals surface area contributed by atoms with E-state index in [0.717, 1.165) is 43.6 Å². The highest BCUT2D eigenvalue weighted by molar-refractivity contribution is 6.21. The molecule has 0 radical (unpaired) electrons. The number of rotatable bonds is 6. The number of nitrogens with zero attached hydrogens (tertiary/aromatic N) is 2. The number of hydrogen-bond acceptors (Lipinski definition) is 4. The summed E-state index contributed by atoms with van der Waals surface area (Å²) >= 11 is 0. The minimum atomic E-state index is -0.312. The van der Waals surface area contributed by atoms with Gasteiger partial charge in [-0.25, -0.2) is 4.39 Å². The van der Waals surface area contributed by atoms with Gasteiger partial charge in [0.1, 0.15) is 5.82 Å². The summed E-state index contributed by atoms with van der Waals surface area (Å²) in [4.78, 5) is 41.7. The summed E-state index contributed by atoms with van der Waals surface area (Å²) in [5, 5.41) is 3.12. The van der Waals surface area contributed by atoms with Gasteiger partial charge in [-0.05, 0) is 60.4 Å². The molecule has 178 valence electrons. The van der Waals surface area contributed by atoms with Crippen molar-refractivity contribution in [1.29, 1.82) is 0 Å². The number of piperidine rings is 1. The van der Waals surface area contributed by atoms with Crippen molar-refractivity contribution >= 4 is 17.7 Å². The van der Waals surface area contributed by atoms with Crippen LogP contribution in [0.3, 0.4) is 0 Å². The first-order valence-electron chi connectivity index (χ1n) is 11.8. The first-order valence-corrected chi connectivity index (χ1v) is 11.8. The topological polar surface area (TPSA) is 69.7 Å². The standard InChI is InChI=1S/C28H26FN3O3/c29-22-10-8-19(9-11-22)17-31-14-12-23(13-15-31)30-26(33)21-5-3-4-20(16-21)18-32-27(34)24-6-1-2-7-25(24)28(32)35/h1-11,16,23H,12-15,17-18H2,(H,30,33). The molecule has 5 rings (SSSR count). The maximum Gasteiger partial charge on any atom is 0.261 e. The van der Waals surface area contributed by atoms with Gasteiger partial charge in [0.2, 0.25) is 0 Å². The predicted molar refractivity (Wildman–Crippen MR) is 129 cm³/mol. The van der Waals surface area contributed by atoms with E-state index in [-0.39, 0.29) is 36.1 Å². The van der Waals surface area contributed by atoms with Crippen molar-refractivity contribution in [2.45, 2.75) is 32.0 Å². The summed E-state index contributed by atoms with van der Waals surface area (Å²) < 4.78 is 13.1. The van der Waals surface area contributed by atoms with Crippen LogP contribution < -0.4 is 5.32 Å². The van der Waals surface area contributed by atoms with E-state index < -0.39 is 0 Å². The zero-order valence-electron chi connectivity index (χ0n) is 19.2. The van der Waals surface area contributed by atoms with Crippen LogP contribution in [0.25, 0.3) is 0 Å². The van der Waals surface area contributed by atoms with Crippen LogP contribution in [-0.4, -0.2) is 46.7 Å². The Morgan fingerprint density at radius 3 is 2.14 bits per heavy atom.